The minimum Gasteiger partial charge on any atom is -0.475 e. The quantitative estimate of drug-likeness (QED) is 0.870. The lowest BCUT2D eigenvalue weighted by Gasteiger charge is -2.41. The summed E-state index contributed by atoms with van der Waals surface area (Å²) in [5, 5.41) is 9.05. The number of hydrogen-bond acceptors (Lipinski definition) is 4. The lowest BCUT2D eigenvalue weighted by molar-refractivity contribution is 0.0683. The molecule has 0 saturated carbocycles. The predicted octanol–water partition coefficient (Wildman–Crippen LogP) is 2.97. The van der Waals surface area contributed by atoms with Gasteiger partial charge < -0.3 is 9.34 Å². The molecule has 2 heterocycles. The second-order valence-corrected chi connectivity index (χ2v) is 16.2. The fourth-order valence-corrected chi connectivity index (χ4v) is 17.5. The van der Waals surface area contributed by atoms with Crippen molar-refractivity contribution < 1.29 is 9.90 Å². The fraction of sp³-hybridized carbons (Fsp3) is 0.615. The highest BCUT2D eigenvalue weighted by Gasteiger charge is 2.48. The highest BCUT2D eigenvalue weighted by molar-refractivity contribution is 7.04. The van der Waals surface area contributed by atoms with Crippen molar-refractivity contribution in [2.75, 3.05) is 4.23 Å². The number of carboxylic acids is 1. The molecule has 0 aliphatic carbocycles. The van der Waals surface area contributed by atoms with Crippen molar-refractivity contribution in [2.45, 2.75) is 51.6 Å². The number of carbonyl (C=O) groups is 1. The molecule has 0 amide bonds. The maximum absolute atomic E-state index is 11.0. The Kier molecular flexibility index (Phi) is 3.76. The summed E-state index contributed by atoms with van der Waals surface area (Å²) in [7, 11) is -2.94. The normalized spacial score (nSPS) is 20.1. The summed E-state index contributed by atoms with van der Waals surface area (Å²) >= 11 is 0. The van der Waals surface area contributed by atoms with E-state index in [0.29, 0.717) is 0 Å². The van der Waals surface area contributed by atoms with Gasteiger partial charge >= 0.3 is 5.97 Å². The number of carboxylic acid groups (broad SMARTS) is 1. The molecule has 5 nitrogen and oxygen atoms in total. The van der Waals surface area contributed by atoms with Gasteiger partial charge in [-0.05, 0) is 18.5 Å². The molecule has 7 heteroatoms. The van der Waals surface area contributed by atoms with Gasteiger partial charge in [0.2, 0.25) is 5.82 Å². The lowest BCUT2D eigenvalue weighted by atomic mass is 10.3. The van der Waals surface area contributed by atoms with E-state index in [9.17, 15) is 4.79 Å². The molecule has 0 atom stereocenters. The first-order valence-corrected chi connectivity index (χ1v) is 13.4. The SMILES string of the molecule is CCc1nc(C(=O)O)ncc1N1[Si](C)(C)CC[Si]1(C)C. The molecule has 1 N–H and O–H groups in total. The third-order valence-corrected chi connectivity index (χ3v) is 14.2. The first-order valence-electron chi connectivity index (χ1n) is 7.08. The van der Waals surface area contributed by atoms with Gasteiger partial charge in [-0.25, -0.2) is 14.8 Å². The second kappa shape index (κ2) is 4.96. The number of aryl methyl sites for hydroxylation is 1. The minimum atomic E-state index is -1.47. The Hall–Kier alpha value is -1.22. The van der Waals surface area contributed by atoms with Crippen molar-refractivity contribution >= 4 is 28.1 Å². The van der Waals surface area contributed by atoms with Crippen molar-refractivity contribution in [3.05, 3.63) is 17.7 Å². The van der Waals surface area contributed by atoms with Gasteiger partial charge in [-0.15, -0.1) is 0 Å². The Morgan fingerprint density at radius 3 is 2.30 bits per heavy atom. The summed E-state index contributed by atoms with van der Waals surface area (Å²) in [6, 6.07) is 2.60. The van der Waals surface area contributed by atoms with Gasteiger partial charge in [-0.3, -0.25) is 0 Å². The molecule has 1 saturated heterocycles. The molecule has 1 aromatic heterocycles. The van der Waals surface area contributed by atoms with E-state index in [-0.39, 0.29) is 5.82 Å². The maximum atomic E-state index is 11.0. The van der Waals surface area contributed by atoms with Crippen LogP contribution in [0.5, 0.6) is 0 Å². The number of rotatable bonds is 3. The van der Waals surface area contributed by atoms with Crippen LogP contribution in [0.2, 0.25) is 38.3 Å². The average molecular weight is 310 g/mol. The minimum absolute atomic E-state index is 0.0938. The molecule has 1 aliphatic heterocycles. The van der Waals surface area contributed by atoms with E-state index in [0.717, 1.165) is 17.8 Å². The van der Waals surface area contributed by atoms with Gasteiger partial charge in [0.05, 0.1) is 17.6 Å². The van der Waals surface area contributed by atoms with E-state index in [2.05, 4.69) is 40.4 Å². The Balaban J connectivity index is 2.54. The fourth-order valence-electron chi connectivity index (χ4n) is 3.27. The van der Waals surface area contributed by atoms with Crippen LogP contribution in [0.1, 0.15) is 23.2 Å². The summed E-state index contributed by atoms with van der Waals surface area (Å²) in [5.41, 5.74) is 1.96. The first-order chi connectivity index (χ1) is 9.19. The van der Waals surface area contributed by atoms with Crippen LogP contribution < -0.4 is 4.23 Å². The smallest absolute Gasteiger partial charge is 0.373 e. The molecule has 1 fully saturated rings. The maximum Gasteiger partial charge on any atom is 0.373 e. The Bertz CT molecular complexity index is 530. The molecular formula is C13H23N3O2Si2. The van der Waals surface area contributed by atoms with Crippen LogP contribution in [0, 0.1) is 0 Å². The number of nitrogens with zero attached hydrogens (tertiary/aromatic N) is 3. The molecule has 2 rings (SSSR count). The third-order valence-electron chi connectivity index (χ3n) is 4.17. The molecule has 0 radical (unpaired) electrons. The zero-order valence-corrected chi connectivity index (χ0v) is 14.9. The van der Waals surface area contributed by atoms with Crippen molar-refractivity contribution in [1.82, 2.24) is 9.97 Å². The zero-order chi connectivity index (χ0) is 15.1. The topological polar surface area (TPSA) is 66.3 Å². The van der Waals surface area contributed by atoms with E-state index < -0.39 is 22.4 Å². The number of hydrogen-bond donors (Lipinski definition) is 1. The van der Waals surface area contributed by atoms with Crippen LogP contribution in [0.3, 0.4) is 0 Å². The summed E-state index contributed by atoms with van der Waals surface area (Å²) in [6.07, 6.45) is 2.48. The van der Waals surface area contributed by atoms with Crippen LogP contribution in [0.4, 0.5) is 5.69 Å². The summed E-state index contributed by atoms with van der Waals surface area (Å²) < 4.78 is 2.63. The largest absolute Gasteiger partial charge is 0.475 e. The van der Waals surface area contributed by atoms with Gasteiger partial charge in [-0.1, -0.05) is 33.1 Å². The van der Waals surface area contributed by atoms with E-state index in [1.165, 1.54) is 12.1 Å². The molecule has 0 aromatic carbocycles. The monoisotopic (exact) mass is 309 g/mol. The van der Waals surface area contributed by atoms with Crippen LogP contribution in [-0.4, -0.2) is 37.5 Å². The van der Waals surface area contributed by atoms with Crippen LogP contribution in [0.25, 0.3) is 0 Å². The van der Waals surface area contributed by atoms with E-state index in [1.54, 1.807) is 6.20 Å². The van der Waals surface area contributed by atoms with Gasteiger partial charge in [0, 0.05) is 0 Å². The van der Waals surface area contributed by atoms with Crippen LogP contribution in [-0.2, 0) is 6.42 Å². The molecular weight excluding hydrogens is 286 g/mol. The van der Waals surface area contributed by atoms with Gasteiger partial charge in [0.15, 0.2) is 0 Å². The summed E-state index contributed by atoms with van der Waals surface area (Å²) in [4.78, 5) is 19.3. The highest BCUT2D eigenvalue weighted by Crippen LogP contribution is 2.41. The predicted molar refractivity (Wildman–Crippen MR) is 85.4 cm³/mol. The van der Waals surface area contributed by atoms with Crippen molar-refractivity contribution in [1.29, 1.82) is 0 Å². The highest BCUT2D eigenvalue weighted by atomic mass is 28.4. The van der Waals surface area contributed by atoms with Gasteiger partial charge in [0.1, 0.15) is 16.5 Å². The molecule has 1 aromatic rings. The van der Waals surface area contributed by atoms with Crippen LogP contribution >= 0.6 is 0 Å². The molecule has 0 spiro atoms. The molecule has 0 unspecified atom stereocenters. The van der Waals surface area contributed by atoms with Crippen molar-refractivity contribution in [2.24, 2.45) is 0 Å². The molecule has 1 aliphatic rings. The zero-order valence-electron chi connectivity index (χ0n) is 12.9. The standard InChI is InChI=1S/C13H23N3O2Si2/c1-6-10-11(9-14-12(15-10)13(17)18)16-19(2,3)7-8-20(16,4)5/h9H,6-8H2,1-5H3,(H,17,18). The Morgan fingerprint density at radius 2 is 1.85 bits per heavy atom. The number of aromatic nitrogens is 2. The van der Waals surface area contributed by atoms with E-state index in [1.807, 2.05) is 6.92 Å². The molecule has 20 heavy (non-hydrogen) atoms. The lowest BCUT2D eigenvalue weighted by Crippen LogP contribution is -2.55. The van der Waals surface area contributed by atoms with Crippen LogP contribution in [0.15, 0.2) is 6.20 Å². The third kappa shape index (κ3) is 2.51. The Morgan fingerprint density at radius 1 is 1.30 bits per heavy atom. The Labute approximate surface area is 122 Å². The van der Waals surface area contributed by atoms with Crippen molar-refractivity contribution in [3.63, 3.8) is 0 Å². The molecule has 110 valence electrons. The average Bonchev–Trinajstić information content (AvgIpc) is 2.58. The van der Waals surface area contributed by atoms with Gasteiger partial charge in [0.25, 0.3) is 0 Å². The van der Waals surface area contributed by atoms with E-state index >= 15 is 0 Å². The second-order valence-electron chi connectivity index (χ2n) is 6.64. The van der Waals surface area contributed by atoms with Crippen molar-refractivity contribution in [3.8, 4) is 0 Å². The number of anilines is 1. The van der Waals surface area contributed by atoms with E-state index in [4.69, 9.17) is 5.11 Å². The molecule has 0 bridgehead atoms. The summed E-state index contributed by atoms with van der Waals surface area (Å²) in [6.45, 7) is 11.6. The summed E-state index contributed by atoms with van der Waals surface area (Å²) in [5.74, 6) is -1.15. The van der Waals surface area contributed by atoms with Gasteiger partial charge in [-0.2, -0.15) is 0 Å². The first kappa shape index (κ1) is 15.2. The number of aromatic carboxylic acids is 1.